The number of fused-ring (bicyclic) bond motifs is 12. The van der Waals surface area contributed by atoms with Crippen LogP contribution in [0.3, 0.4) is 0 Å². The van der Waals surface area contributed by atoms with E-state index in [1.54, 1.807) is 0 Å². The van der Waals surface area contributed by atoms with Crippen LogP contribution in [-0.4, -0.2) is 0 Å². The SMILES string of the molecule is CC1(C)c2ccccc2C2(c3ccccc3-c3ccccc32)c2cccc(N(c3ccccc3)c3cccc4c3oc3ccccc34)c21. The highest BCUT2D eigenvalue weighted by Gasteiger charge is 2.54. The van der Waals surface area contributed by atoms with Gasteiger partial charge in [0, 0.05) is 21.9 Å². The summed E-state index contributed by atoms with van der Waals surface area (Å²) in [5.41, 5.74) is 15.0. The van der Waals surface area contributed by atoms with Crippen LogP contribution in [0.1, 0.15) is 47.2 Å². The third-order valence-electron chi connectivity index (χ3n) is 10.9. The topological polar surface area (TPSA) is 16.4 Å². The Morgan fingerprint density at radius 2 is 0.979 bits per heavy atom. The minimum atomic E-state index is -0.460. The maximum Gasteiger partial charge on any atom is 0.159 e. The molecule has 1 spiro atoms. The molecule has 1 aromatic heterocycles. The van der Waals surface area contributed by atoms with Gasteiger partial charge in [0.15, 0.2) is 5.58 Å². The van der Waals surface area contributed by atoms with Gasteiger partial charge in [-0.2, -0.15) is 0 Å². The van der Waals surface area contributed by atoms with E-state index in [4.69, 9.17) is 4.42 Å². The van der Waals surface area contributed by atoms with Gasteiger partial charge in [0.2, 0.25) is 0 Å². The van der Waals surface area contributed by atoms with Crippen molar-refractivity contribution in [3.63, 3.8) is 0 Å². The van der Waals surface area contributed by atoms with Crippen molar-refractivity contribution in [3.8, 4) is 11.1 Å². The lowest BCUT2D eigenvalue weighted by Gasteiger charge is -2.48. The zero-order chi connectivity index (χ0) is 32.0. The van der Waals surface area contributed by atoms with E-state index in [9.17, 15) is 0 Å². The number of rotatable bonds is 3. The first kappa shape index (κ1) is 27.3. The molecule has 2 heteroatoms. The van der Waals surface area contributed by atoms with E-state index in [2.05, 4.69) is 176 Å². The zero-order valence-electron chi connectivity index (χ0n) is 26.9. The lowest BCUT2D eigenvalue weighted by Crippen LogP contribution is -2.41. The molecule has 0 bridgehead atoms. The average Bonchev–Trinajstić information content (AvgIpc) is 3.66. The summed E-state index contributed by atoms with van der Waals surface area (Å²) in [5.74, 6) is 0. The molecule has 228 valence electrons. The summed E-state index contributed by atoms with van der Waals surface area (Å²) in [7, 11) is 0. The van der Waals surface area contributed by atoms with Gasteiger partial charge in [-0.25, -0.2) is 0 Å². The molecule has 0 radical (unpaired) electrons. The predicted molar refractivity (Wildman–Crippen MR) is 198 cm³/mol. The van der Waals surface area contributed by atoms with Crippen LogP contribution in [0.5, 0.6) is 0 Å². The van der Waals surface area contributed by atoms with E-state index < -0.39 is 5.41 Å². The van der Waals surface area contributed by atoms with Crippen LogP contribution < -0.4 is 4.90 Å². The fourth-order valence-corrected chi connectivity index (χ4v) is 9.04. The van der Waals surface area contributed by atoms with Gasteiger partial charge in [-0.15, -0.1) is 0 Å². The van der Waals surface area contributed by atoms with E-state index in [1.165, 1.54) is 44.5 Å². The minimum absolute atomic E-state index is 0.310. The summed E-state index contributed by atoms with van der Waals surface area (Å²) in [6, 6.07) is 59.8. The molecular weight excluding hydrogens is 583 g/mol. The molecule has 2 aliphatic carbocycles. The molecule has 8 aromatic rings. The fourth-order valence-electron chi connectivity index (χ4n) is 9.04. The molecule has 2 nitrogen and oxygen atoms in total. The van der Waals surface area contributed by atoms with E-state index >= 15 is 0 Å². The van der Waals surface area contributed by atoms with Crippen molar-refractivity contribution >= 4 is 39.0 Å². The Morgan fingerprint density at radius 3 is 1.73 bits per heavy atom. The Kier molecular flexibility index (Phi) is 5.58. The summed E-state index contributed by atoms with van der Waals surface area (Å²) >= 11 is 0. The van der Waals surface area contributed by atoms with Gasteiger partial charge in [-0.05, 0) is 74.8 Å². The average molecular weight is 616 g/mol. The summed E-state index contributed by atoms with van der Waals surface area (Å²) < 4.78 is 6.70. The summed E-state index contributed by atoms with van der Waals surface area (Å²) in [5, 5.41) is 2.25. The number of furan rings is 1. The van der Waals surface area contributed by atoms with Crippen LogP contribution in [0.4, 0.5) is 17.1 Å². The van der Waals surface area contributed by atoms with Crippen molar-refractivity contribution in [2.24, 2.45) is 0 Å². The minimum Gasteiger partial charge on any atom is -0.454 e. The predicted octanol–water partition coefficient (Wildman–Crippen LogP) is 12.1. The molecule has 0 saturated carbocycles. The Balaban J connectivity index is 1.36. The molecule has 0 fully saturated rings. The highest BCUT2D eigenvalue weighted by Crippen LogP contribution is 2.63. The van der Waals surface area contributed by atoms with Crippen LogP contribution in [0, 0.1) is 0 Å². The summed E-state index contributed by atoms with van der Waals surface area (Å²) in [6.45, 7) is 4.80. The van der Waals surface area contributed by atoms with Crippen molar-refractivity contribution < 1.29 is 4.42 Å². The Labute approximate surface area is 280 Å². The molecule has 0 atom stereocenters. The highest BCUT2D eigenvalue weighted by molar-refractivity contribution is 6.10. The molecular formula is C46H33NO. The number of hydrogen-bond acceptors (Lipinski definition) is 2. The summed E-state index contributed by atoms with van der Waals surface area (Å²) in [4.78, 5) is 2.43. The first-order valence-electron chi connectivity index (χ1n) is 16.8. The Hall–Kier alpha value is -5.86. The quantitative estimate of drug-likeness (QED) is 0.197. The number of hydrogen-bond donors (Lipinski definition) is 0. The number of nitrogens with zero attached hydrogens (tertiary/aromatic N) is 1. The maximum absolute atomic E-state index is 6.70. The van der Waals surface area contributed by atoms with Gasteiger partial charge in [0.05, 0.1) is 16.8 Å². The normalized spacial score (nSPS) is 14.8. The molecule has 7 aromatic carbocycles. The Bertz CT molecular complexity index is 2510. The van der Waals surface area contributed by atoms with Gasteiger partial charge in [-0.1, -0.05) is 147 Å². The molecule has 10 rings (SSSR count). The first-order chi connectivity index (χ1) is 23.6. The maximum atomic E-state index is 6.70. The van der Waals surface area contributed by atoms with Gasteiger partial charge in [0.1, 0.15) is 5.58 Å². The molecule has 2 aliphatic rings. The molecule has 0 aliphatic heterocycles. The fraction of sp³-hybridized carbons (Fsp3) is 0.0870. The summed E-state index contributed by atoms with van der Waals surface area (Å²) in [6.07, 6.45) is 0. The van der Waals surface area contributed by atoms with E-state index in [0.29, 0.717) is 0 Å². The van der Waals surface area contributed by atoms with Crippen molar-refractivity contribution in [2.45, 2.75) is 24.7 Å². The highest BCUT2D eigenvalue weighted by atomic mass is 16.3. The monoisotopic (exact) mass is 615 g/mol. The van der Waals surface area contributed by atoms with Crippen LogP contribution in [-0.2, 0) is 10.8 Å². The van der Waals surface area contributed by atoms with E-state index in [1.807, 2.05) is 6.07 Å². The molecule has 0 amide bonds. The third-order valence-corrected chi connectivity index (χ3v) is 10.9. The largest absolute Gasteiger partial charge is 0.454 e. The lowest BCUT2D eigenvalue weighted by molar-refractivity contribution is 0.564. The second kappa shape index (κ2) is 9.82. The lowest BCUT2D eigenvalue weighted by atomic mass is 9.55. The zero-order valence-corrected chi connectivity index (χ0v) is 26.9. The van der Waals surface area contributed by atoms with E-state index in [0.717, 1.165) is 39.0 Å². The molecule has 0 N–H and O–H groups in total. The Morgan fingerprint density at radius 1 is 0.438 bits per heavy atom. The van der Waals surface area contributed by atoms with E-state index in [-0.39, 0.29) is 5.41 Å². The second-order valence-corrected chi connectivity index (χ2v) is 13.6. The van der Waals surface area contributed by atoms with Crippen molar-refractivity contribution in [1.82, 2.24) is 0 Å². The number of benzene rings is 7. The van der Waals surface area contributed by atoms with Gasteiger partial charge < -0.3 is 9.32 Å². The van der Waals surface area contributed by atoms with Crippen LogP contribution in [0.25, 0.3) is 33.1 Å². The third kappa shape index (κ3) is 3.42. The van der Waals surface area contributed by atoms with Crippen LogP contribution in [0.2, 0.25) is 0 Å². The van der Waals surface area contributed by atoms with Crippen molar-refractivity contribution in [1.29, 1.82) is 0 Å². The molecule has 0 saturated heterocycles. The van der Waals surface area contributed by atoms with Crippen LogP contribution in [0.15, 0.2) is 168 Å². The number of para-hydroxylation sites is 3. The molecule has 1 heterocycles. The molecule has 48 heavy (non-hydrogen) atoms. The smallest absolute Gasteiger partial charge is 0.159 e. The van der Waals surface area contributed by atoms with Gasteiger partial charge in [0.25, 0.3) is 0 Å². The standard InChI is InChI=1S/C46H33NO/c1-45(2)37-24-11-12-25-38(37)46(35-22-9-6-18-31(35)32-19-7-10-23-36(32)46)39-26-15-27-40(43(39)45)47(30-16-4-3-5-17-30)41-28-14-21-34-33-20-8-13-29-42(33)48-44(34)41/h3-29H,1-2H3. The van der Waals surface area contributed by atoms with Crippen LogP contribution >= 0.6 is 0 Å². The second-order valence-electron chi connectivity index (χ2n) is 13.6. The molecule has 0 unspecified atom stereocenters. The van der Waals surface area contributed by atoms with Crippen molar-refractivity contribution in [3.05, 3.63) is 197 Å². The van der Waals surface area contributed by atoms with Gasteiger partial charge in [-0.3, -0.25) is 0 Å². The van der Waals surface area contributed by atoms with Crippen molar-refractivity contribution in [2.75, 3.05) is 4.90 Å². The first-order valence-corrected chi connectivity index (χ1v) is 16.8. The van der Waals surface area contributed by atoms with Gasteiger partial charge >= 0.3 is 0 Å². The number of anilines is 3.